The second-order valence-corrected chi connectivity index (χ2v) is 22.1. The number of aromatic nitrogens is 3. The van der Waals surface area contributed by atoms with E-state index in [-0.39, 0.29) is 0 Å². The van der Waals surface area contributed by atoms with Crippen molar-refractivity contribution in [2.45, 2.75) is 0 Å². The number of fused-ring (bicyclic) bond motifs is 9. The van der Waals surface area contributed by atoms with Crippen molar-refractivity contribution < 1.29 is 0 Å². The van der Waals surface area contributed by atoms with E-state index in [0.29, 0.717) is 0 Å². The molecule has 0 aliphatic heterocycles. The summed E-state index contributed by atoms with van der Waals surface area (Å²) in [4.78, 5) is 0. The Balaban J connectivity index is 1.12. The molecule has 0 fully saturated rings. The van der Waals surface area contributed by atoms with Crippen molar-refractivity contribution in [2.24, 2.45) is 0 Å². The highest BCUT2D eigenvalue weighted by atomic mass is 28.3. The van der Waals surface area contributed by atoms with Gasteiger partial charge in [0.25, 0.3) is 0 Å². The Morgan fingerprint density at radius 3 is 1.36 bits per heavy atom. The lowest BCUT2D eigenvalue weighted by Gasteiger charge is -2.35. The number of hydrogen-bond acceptors (Lipinski definition) is 0. The van der Waals surface area contributed by atoms with E-state index in [0.717, 1.165) is 28.1 Å². The van der Waals surface area contributed by atoms with Crippen molar-refractivity contribution in [2.75, 3.05) is 0 Å². The smallest absolute Gasteiger partial charge is 0.180 e. The van der Waals surface area contributed by atoms with Crippen LogP contribution in [0.1, 0.15) is 0 Å². The van der Waals surface area contributed by atoms with Gasteiger partial charge in [-0.15, -0.1) is 0 Å². The van der Waals surface area contributed by atoms with Crippen LogP contribution in [0.15, 0.2) is 273 Å². The summed E-state index contributed by atoms with van der Waals surface area (Å²) in [6.45, 7) is 0. The van der Waals surface area contributed by atoms with E-state index in [1.807, 2.05) is 0 Å². The topological polar surface area (TPSA) is 14.8 Å². The van der Waals surface area contributed by atoms with Crippen molar-refractivity contribution in [1.82, 2.24) is 13.7 Å². The number of para-hydroxylation sites is 5. The third kappa shape index (κ3) is 5.87. The second-order valence-electron chi connectivity index (χ2n) is 18.4. The largest absolute Gasteiger partial charge is 0.309 e. The van der Waals surface area contributed by atoms with Gasteiger partial charge in [0.2, 0.25) is 0 Å². The summed E-state index contributed by atoms with van der Waals surface area (Å²) in [5.41, 5.74) is 12.8. The van der Waals surface area contributed by atoms with Gasteiger partial charge in [-0.1, -0.05) is 218 Å². The van der Waals surface area contributed by atoms with Gasteiger partial charge in [0, 0.05) is 43.6 Å². The van der Waals surface area contributed by atoms with Crippen LogP contribution in [0, 0.1) is 0 Å². The molecule has 0 radical (unpaired) electrons. The molecule has 14 aromatic rings. The predicted octanol–water partition coefficient (Wildman–Crippen LogP) is 14.0. The average Bonchev–Trinajstić information content (AvgIpc) is 4.09. The molecule has 0 aliphatic rings. The summed E-state index contributed by atoms with van der Waals surface area (Å²) in [7, 11) is -2.95. The molecule has 14 rings (SSSR count). The third-order valence-electron chi connectivity index (χ3n) is 14.8. The first-order chi connectivity index (χ1) is 34.8. The van der Waals surface area contributed by atoms with Gasteiger partial charge >= 0.3 is 0 Å². The van der Waals surface area contributed by atoms with Gasteiger partial charge in [0.15, 0.2) is 8.07 Å². The fourth-order valence-electron chi connectivity index (χ4n) is 12.0. The maximum absolute atomic E-state index is 2.95. The van der Waals surface area contributed by atoms with E-state index in [4.69, 9.17) is 0 Å². The molecule has 3 aromatic heterocycles. The van der Waals surface area contributed by atoms with Crippen molar-refractivity contribution in [3.05, 3.63) is 273 Å². The van der Waals surface area contributed by atoms with Crippen LogP contribution in [0.4, 0.5) is 0 Å². The fourth-order valence-corrected chi connectivity index (χ4v) is 17.0. The van der Waals surface area contributed by atoms with Gasteiger partial charge in [-0.2, -0.15) is 0 Å². The van der Waals surface area contributed by atoms with Gasteiger partial charge in [-0.05, 0) is 80.9 Å². The summed E-state index contributed by atoms with van der Waals surface area (Å²) in [5, 5.41) is 12.9. The number of benzene rings is 11. The third-order valence-corrected chi connectivity index (χ3v) is 19.6. The molecule has 70 heavy (non-hydrogen) atoms. The monoisotopic (exact) mass is 907 g/mol. The summed E-state index contributed by atoms with van der Waals surface area (Å²) in [5.74, 6) is 0. The van der Waals surface area contributed by atoms with Crippen molar-refractivity contribution >= 4 is 94.2 Å². The molecule has 328 valence electrons. The van der Waals surface area contributed by atoms with E-state index in [1.54, 1.807) is 0 Å². The molecular weight excluding hydrogens is 863 g/mol. The maximum atomic E-state index is 2.56. The summed E-state index contributed by atoms with van der Waals surface area (Å²) in [6.07, 6.45) is 0. The molecule has 0 amide bonds. The molecule has 3 nitrogen and oxygen atoms in total. The maximum Gasteiger partial charge on any atom is 0.180 e. The molecule has 11 aromatic carbocycles. The minimum absolute atomic E-state index is 1.13. The molecule has 4 heteroatoms. The Bertz CT molecular complexity index is 4130. The molecule has 0 N–H and O–H groups in total. The normalized spacial score (nSPS) is 12.0. The Morgan fingerprint density at radius 2 is 0.729 bits per heavy atom. The van der Waals surface area contributed by atoms with E-state index in [2.05, 4.69) is 287 Å². The average molecular weight is 908 g/mol. The summed E-state index contributed by atoms with van der Waals surface area (Å²) < 4.78 is 7.54. The lowest BCUT2D eigenvalue weighted by Crippen LogP contribution is -2.74. The molecule has 0 unspecified atom stereocenters. The fraction of sp³-hybridized carbons (Fsp3) is 0. The van der Waals surface area contributed by atoms with E-state index < -0.39 is 8.07 Å². The van der Waals surface area contributed by atoms with Crippen molar-refractivity contribution in [1.29, 1.82) is 0 Å². The minimum Gasteiger partial charge on any atom is -0.309 e. The zero-order valence-corrected chi connectivity index (χ0v) is 39.3. The predicted molar refractivity (Wildman–Crippen MR) is 299 cm³/mol. The van der Waals surface area contributed by atoms with Crippen LogP contribution < -0.4 is 20.7 Å². The van der Waals surface area contributed by atoms with Crippen LogP contribution >= 0.6 is 0 Å². The number of nitrogens with zero attached hydrogens (tertiary/aromatic N) is 3. The van der Waals surface area contributed by atoms with Crippen LogP contribution in [0.5, 0.6) is 0 Å². The quantitative estimate of drug-likeness (QED) is 0.107. The van der Waals surface area contributed by atoms with Gasteiger partial charge in [0.05, 0.1) is 44.5 Å². The first kappa shape index (κ1) is 40.1. The molecule has 0 spiro atoms. The SMILES string of the molecule is c1ccc(-c2ccccc2-n2c3ccc(-n4c5ccccc5c5ccccc54)cc3c3cccc(-n4c5ccccc5c5c([Si](c6ccccc6)(c6ccccc6)c6ccccc6)cccc54)c32)cc1. The Hall–Kier alpha value is -8.96. The Labute approximate surface area is 407 Å². The van der Waals surface area contributed by atoms with E-state index in [1.165, 1.54) is 86.3 Å². The second kappa shape index (κ2) is 16.1. The first-order valence-electron chi connectivity index (χ1n) is 24.2. The molecular formula is C66H45N3Si. The van der Waals surface area contributed by atoms with Crippen molar-refractivity contribution in [3.8, 4) is 28.2 Å². The van der Waals surface area contributed by atoms with E-state index in [9.17, 15) is 0 Å². The van der Waals surface area contributed by atoms with Crippen LogP contribution in [-0.4, -0.2) is 21.8 Å². The standard InChI is InChI=1S/C66H45N3Si/c1-5-23-46(24-6-1)51-31-13-17-36-57(51)69-61-44-43-47(67-58-37-18-14-32-52(58)53-33-15-19-38-59(53)67)45-56(61)54-35-21-41-63(66(54)69)68-60-39-20-16-34-55(60)65-62(68)40-22-42-64(65)70(48-25-7-2-8-26-48,49-27-9-3-10-28-49)50-29-11-4-12-30-50/h1-45H. The van der Waals surface area contributed by atoms with Crippen LogP contribution in [-0.2, 0) is 0 Å². The first-order valence-corrected chi connectivity index (χ1v) is 26.2. The van der Waals surface area contributed by atoms with Crippen LogP contribution in [0.2, 0.25) is 0 Å². The minimum atomic E-state index is -2.95. The zero-order valence-electron chi connectivity index (χ0n) is 38.3. The molecule has 0 saturated heterocycles. The van der Waals surface area contributed by atoms with Crippen molar-refractivity contribution in [3.63, 3.8) is 0 Å². The number of rotatable bonds is 8. The van der Waals surface area contributed by atoms with Crippen LogP contribution in [0.3, 0.4) is 0 Å². The number of hydrogen-bond donors (Lipinski definition) is 0. The lowest BCUT2D eigenvalue weighted by atomic mass is 10.0. The zero-order chi connectivity index (χ0) is 46.2. The van der Waals surface area contributed by atoms with Gasteiger partial charge in [-0.25, -0.2) is 0 Å². The van der Waals surface area contributed by atoms with E-state index >= 15 is 0 Å². The molecule has 0 atom stereocenters. The highest BCUT2D eigenvalue weighted by Gasteiger charge is 2.43. The summed E-state index contributed by atoms with van der Waals surface area (Å²) in [6, 6.07) is 101. The molecule has 0 saturated carbocycles. The Morgan fingerprint density at radius 1 is 0.271 bits per heavy atom. The molecule has 3 heterocycles. The summed E-state index contributed by atoms with van der Waals surface area (Å²) >= 11 is 0. The molecule has 0 aliphatic carbocycles. The Kier molecular flexibility index (Phi) is 9.23. The molecule has 0 bridgehead atoms. The van der Waals surface area contributed by atoms with Gasteiger partial charge < -0.3 is 13.7 Å². The highest BCUT2D eigenvalue weighted by molar-refractivity contribution is 7.20. The van der Waals surface area contributed by atoms with Crippen LogP contribution in [0.25, 0.3) is 93.6 Å². The van der Waals surface area contributed by atoms with Gasteiger partial charge in [0.1, 0.15) is 0 Å². The lowest BCUT2D eigenvalue weighted by molar-refractivity contribution is 1.13. The highest BCUT2D eigenvalue weighted by Crippen LogP contribution is 2.43. The van der Waals surface area contributed by atoms with Gasteiger partial charge in [-0.3, -0.25) is 0 Å².